The number of carbonyl (C=O) groups is 1. The van der Waals surface area contributed by atoms with Crippen molar-refractivity contribution in [1.29, 1.82) is 0 Å². The Morgan fingerprint density at radius 2 is 2.00 bits per heavy atom. The second-order valence-corrected chi connectivity index (χ2v) is 3.53. The molecule has 0 spiro atoms. The molecule has 2 aromatic rings. The smallest absolute Gasteiger partial charge is 0.391 e. The lowest BCUT2D eigenvalue weighted by molar-refractivity contribution is 0.101. The summed E-state index contributed by atoms with van der Waals surface area (Å²) in [5.74, 6) is 1.72. The summed E-state index contributed by atoms with van der Waals surface area (Å²) in [6.07, 6.45) is 0. The molecule has 0 aliphatic carbocycles. The molecular weight excluding hydrogens is 335 g/mol. The van der Waals surface area contributed by atoms with Crippen LogP contribution >= 0.6 is 22.6 Å². The van der Waals surface area contributed by atoms with Crippen LogP contribution in [0.5, 0.6) is 0 Å². The van der Waals surface area contributed by atoms with Gasteiger partial charge in [0.05, 0.1) is 5.56 Å². The third-order valence-electron chi connectivity index (χ3n) is 1.83. The molecule has 17 heavy (non-hydrogen) atoms. The lowest BCUT2D eigenvalue weighted by Crippen LogP contribution is -1.91. The molecular formula is C12H9IO4. The van der Waals surface area contributed by atoms with E-state index in [0.29, 0.717) is 11.1 Å². The highest BCUT2D eigenvalue weighted by atomic mass is 127. The molecule has 1 aromatic heterocycles. The monoisotopic (exact) mass is 344 g/mol. The average Bonchev–Trinajstić information content (AvgIpc) is 2.68. The third-order valence-corrected chi connectivity index (χ3v) is 2.37. The van der Waals surface area contributed by atoms with Gasteiger partial charge in [-0.25, -0.2) is 4.79 Å². The summed E-state index contributed by atoms with van der Waals surface area (Å²) in [5.41, 5.74) is 0.890. The quantitative estimate of drug-likeness (QED) is 0.453. The highest BCUT2D eigenvalue weighted by Gasteiger charge is 2.11. The molecule has 1 aromatic carbocycles. The zero-order valence-corrected chi connectivity index (χ0v) is 11.4. The molecule has 0 fully saturated rings. The van der Waals surface area contributed by atoms with Crippen molar-refractivity contribution >= 4 is 39.5 Å². The molecule has 88 valence electrons. The maximum atomic E-state index is 11.1. The summed E-state index contributed by atoms with van der Waals surface area (Å²) in [6.45, 7) is 3.22. The van der Waals surface area contributed by atoms with Gasteiger partial charge in [0.1, 0.15) is 0 Å². The van der Waals surface area contributed by atoms with Gasteiger partial charge in [-0.05, 0) is 29.9 Å². The van der Waals surface area contributed by atoms with Crippen LogP contribution in [0.2, 0.25) is 0 Å². The van der Waals surface area contributed by atoms with Crippen LogP contribution in [0.4, 0.5) is 0 Å². The molecule has 1 heterocycles. The Balaban J connectivity index is 0.000000317. The summed E-state index contributed by atoms with van der Waals surface area (Å²) in [4.78, 5) is 21.8. The second kappa shape index (κ2) is 6.25. The number of Topliss-reactive ketones (excluding diaryl/α,β-unsaturated/α-hetero) is 1. The fourth-order valence-corrected chi connectivity index (χ4v) is 1.17. The summed E-state index contributed by atoms with van der Waals surface area (Å²) >= 11 is 1.99. The maximum absolute atomic E-state index is 11.1. The van der Waals surface area contributed by atoms with Crippen LogP contribution < -0.4 is 5.82 Å². The van der Waals surface area contributed by atoms with Crippen molar-refractivity contribution in [2.45, 2.75) is 13.8 Å². The molecule has 0 amide bonds. The summed E-state index contributed by atoms with van der Waals surface area (Å²) in [5, 5.41) is 0. The summed E-state index contributed by atoms with van der Waals surface area (Å²) in [7, 11) is 0. The van der Waals surface area contributed by atoms with Gasteiger partial charge in [0.15, 0.2) is 16.9 Å². The van der Waals surface area contributed by atoms with E-state index in [-0.39, 0.29) is 11.4 Å². The maximum Gasteiger partial charge on any atom is 0.519 e. The van der Waals surface area contributed by atoms with E-state index in [1.54, 1.807) is 18.2 Å². The average molecular weight is 344 g/mol. The lowest BCUT2D eigenvalue weighted by Gasteiger charge is -1.92. The first-order valence-electron chi connectivity index (χ1n) is 4.66. The Morgan fingerprint density at radius 1 is 1.35 bits per heavy atom. The van der Waals surface area contributed by atoms with Crippen molar-refractivity contribution in [3.8, 4) is 9.85 Å². The minimum absolute atomic E-state index is 0.157. The van der Waals surface area contributed by atoms with Crippen molar-refractivity contribution in [3.05, 3.63) is 34.4 Å². The first-order valence-corrected chi connectivity index (χ1v) is 5.74. The number of benzene rings is 1. The molecule has 0 aliphatic rings. The Labute approximate surface area is 111 Å². The summed E-state index contributed by atoms with van der Waals surface area (Å²) < 4.78 is 12.1. The lowest BCUT2D eigenvalue weighted by atomic mass is 10.1. The highest BCUT2D eigenvalue weighted by Crippen LogP contribution is 2.17. The molecule has 0 saturated heterocycles. The van der Waals surface area contributed by atoms with Crippen LogP contribution in [-0.2, 0) is 0 Å². The van der Waals surface area contributed by atoms with Gasteiger partial charge in [0.25, 0.3) is 0 Å². The first-order chi connectivity index (χ1) is 8.10. The van der Waals surface area contributed by atoms with Gasteiger partial charge >= 0.3 is 5.82 Å². The Bertz CT molecular complexity index is 634. The molecule has 0 unspecified atom stereocenters. The van der Waals surface area contributed by atoms with Crippen LogP contribution in [0.1, 0.15) is 24.2 Å². The van der Waals surface area contributed by atoms with Gasteiger partial charge in [-0.2, -0.15) is 0 Å². The molecule has 5 heteroatoms. The molecule has 0 atom stereocenters. The van der Waals surface area contributed by atoms with Crippen molar-refractivity contribution in [2.24, 2.45) is 0 Å². The summed E-state index contributed by atoms with van der Waals surface area (Å²) in [6, 6.07) is 4.80. The topological polar surface area (TPSA) is 60.4 Å². The molecule has 4 nitrogen and oxygen atoms in total. The molecule has 0 bridgehead atoms. The fraction of sp³-hybridized carbons (Fsp3) is 0.167. The van der Waals surface area contributed by atoms with Gasteiger partial charge in [-0.1, -0.05) is 12.0 Å². The number of carbonyl (C=O) groups excluding carboxylic acids is 1. The van der Waals surface area contributed by atoms with Gasteiger partial charge in [-0.15, -0.1) is 0 Å². The number of para-hydroxylation sites is 1. The fourth-order valence-electron chi connectivity index (χ4n) is 1.17. The van der Waals surface area contributed by atoms with Crippen molar-refractivity contribution in [2.75, 3.05) is 0 Å². The predicted molar refractivity (Wildman–Crippen MR) is 72.2 cm³/mol. The number of rotatable bonds is 1. The number of hydrogen-bond donors (Lipinski definition) is 0. The van der Waals surface area contributed by atoms with E-state index in [2.05, 4.69) is 14.3 Å². The SMILES string of the molecule is CC#CI.CC(=O)c1cccc2oc(=O)oc12. The zero-order chi connectivity index (χ0) is 12.8. The van der Waals surface area contributed by atoms with Gasteiger partial charge < -0.3 is 8.83 Å². The Hall–Kier alpha value is -1.55. The van der Waals surface area contributed by atoms with E-state index in [9.17, 15) is 9.59 Å². The normalized spacial score (nSPS) is 8.88. The van der Waals surface area contributed by atoms with E-state index >= 15 is 0 Å². The van der Waals surface area contributed by atoms with E-state index < -0.39 is 5.82 Å². The number of fused-ring (bicyclic) bond motifs is 1. The second-order valence-electron chi connectivity index (χ2n) is 2.99. The predicted octanol–water partition coefficient (Wildman–Crippen LogP) is 2.99. The molecule has 0 N–H and O–H groups in total. The minimum atomic E-state index is -0.788. The van der Waals surface area contributed by atoms with Crippen LogP contribution in [0.25, 0.3) is 11.2 Å². The third kappa shape index (κ3) is 3.46. The van der Waals surface area contributed by atoms with Crippen LogP contribution in [0.3, 0.4) is 0 Å². The largest absolute Gasteiger partial charge is 0.519 e. The van der Waals surface area contributed by atoms with Crippen LogP contribution in [-0.4, -0.2) is 5.78 Å². The van der Waals surface area contributed by atoms with Crippen molar-refractivity contribution < 1.29 is 13.6 Å². The molecule has 2 rings (SSSR count). The zero-order valence-electron chi connectivity index (χ0n) is 9.24. The number of hydrogen-bond acceptors (Lipinski definition) is 4. The Morgan fingerprint density at radius 3 is 2.53 bits per heavy atom. The highest BCUT2D eigenvalue weighted by molar-refractivity contribution is 14.1. The van der Waals surface area contributed by atoms with Crippen LogP contribution in [0, 0.1) is 9.85 Å². The van der Waals surface area contributed by atoms with E-state index in [1.807, 2.05) is 29.5 Å². The number of halogens is 1. The van der Waals surface area contributed by atoms with Crippen molar-refractivity contribution in [3.63, 3.8) is 0 Å². The van der Waals surface area contributed by atoms with E-state index in [0.717, 1.165) is 0 Å². The molecule has 0 aliphatic heterocycles. The van der Waals surface area contributed by atoms with Gasteiger partial charge in [-0.3, -0.25) is 4.79 Å². The van der Waals surface area contributed by atoms with Gasteiger partial charge in [0, 0.05) is 22.6 Å². The van der Waals surface area contributed by atoms with Gasteiger partial charge in [0.2, 0.25) is 0 Å². The van der Waals surface area contributed by atoms with E-state index in [1.165, 1.54) is 6.92 Å². The standard InChI is InChI=1S/C9H6O4.C3H3I/c1-5(10)6-3-2-4-7-8(6)13-9(11)12-7;1-2-3-4/h2-4H,1H3;1H3. The van der Waals surface area contributed by atoms with E-state index in [4.69, 9.17) is 4.42 Å². The molecule has 0 saturated carbocycles. The number of ketones is 1. The minimum Gasteiger partial charge on any atom is -0.391 e. The first kappa shape index (κ1) is 13.5. The van der Waals surface area contributed by atoms with Crippen LogP contribution in [0.15, 0.2) is 31.8 Å². The van der Waals surface area contributed by atoms with Crippen molar-refractivity contribution in [1.82, 2.24) is 0 Å². The molecule has 0 radical (unpaired) electrons. The Kier molecular flexibility index (Phi) is 4.97.